The zero-order valence-electron chi connectivity index (χ0n) is 11.4. The first-order valence-electron chi connectivity index (χ1n) is 6.47. The van der Waals surface area contributed by atoms with Crippen LogP contribution in [0.4, 0.5) is 9.18 Å². The van der Waals surface area contributed by atoms with Gasteiger partial charge in [0, 0.05) is 13.1 Å². The van der Waals surface area contributed by atoms with Crippen LogP contribution < -0.4 is 10.6 Å². The van der Waals surface area contributed by atoms with Gasteiger partial charge in [-0.1, -0.05) is 19.1 Å². The number of carbonyl (C=O) groups is 1. The van der Waals surface area contributed by atoms with Crippen molar-refractivity contribution < 1.29 is 14.3 Å². The van der Waals surface area contributed by atoms with Crippen molar-refractivity contribution in [2.75, 3.05) is 6.54 Å². The summed E-state index contributed by atoms with van der Waals surface area (Å²) in [4.78, 5) is 11.4. The predicted molar refractivity (Wildman–Crippen MR) is 72.3 cm³/mol. The minimum Gasteiger partial charge on any atom is -0.393 e. The quantitative estimate of drug-likeness (QED) is 0.740. The Kier molecular flexibility index (Phi) is 6.29. The fourth-order valence-electron chi connectivity index (χ4n) is 1.55. The Bertz CT molecular complexity index is 424. The van der Waals surface area contributed by atoms with Crippen LogP contribution in [0.5, 0.6) is 0 Å². The second kappa shape index (κ2) is 7.74. The fourth-order valence-corrected chi connectivity index (χ4v) is 1.55. The second-order valence-electron chi connectivity index (χ2n) is 4.54. The number of urea groups is 1. The van der Waals surface area contributed by atoms with Gasteiger partial charge in [-0.15, -0.1) is 0 Å². The van der Waals surface area contributed by atoms with Crippen molar-refractivity contribution >= 4 is 6.03 Å². The van der Waals surface area contributed by atoms with E-state index in [1.807, 2.05) is 6.92 Å². The van der Waals surface area contributed by atoms with Crippen LogP contribution in [0.1, 0.15) is 30.9 Å². The number of halogens is 1. The summed E-state index contributed by atoms with van der Waals surface area (Å²) < 4.78 is 13.3. The SMILES string of the molecule is CCC(O)CCNC(=O)NCc1ccc(C)c(F)c1. The van der Waals surface area contributed by atoms with E-state index in [1.165, 1.54) is 6.07 Å². The highest BCUT2D eigenvalue weighted by Gasteiger charge is 2.04. The van der Waals surface area contributed by atoms with E-state index < -0.39 is 0 Å². The number of aliphatic hydroxyl groups excluding tert-OH is 1. The normalized spacial score (nSPS) is 12.0. The number of hydrogen-bond donors (Lipinski definition) is 3. The average molecular weight is 268 g/mol. The Balaban J connectivity index is 2.28. The smallest absolute Gasteiger partial charge is 0.315 e. The molecular formula is C14H21FN2O2. The molecule has 1 aromatic rings. The van der Waals surface area contributed by atoms with Crippen molar-refractivity contribution in [2.45, 2.75) is 39.3 Å². The van der Waals surface area contributed by atoms with Crippen molar-refractivity contribution in [1.82, 2.24) is 10.6 Å². The van der Waals surface area contributed by atoms with Gasteiger partial charge in [-0.25, -0.2) is 9.18 Å². The number of aliphatic hydroxyl groups is 1. The number of amides is 2. The number of benzene rings is 1. The second-order valence-corrected chi connectivity index (χ2v) is 4.54. The molecule has 1 rings (SSSR count). The summed E-state index contributed by atoms with van der Waals surface area (Å²) in [5, 5.41) is 14.6. The number of hydrogen-bond acceptors (Lipinski definition) is 2. The lowest BCUT2D eigenvalue weighted by Crippen LogP contribution is -2.36. The van der Waals surface area contributed by atoms with E-state index in [1.54, 1.807) is 19.1 Å². The summed E-state index contributed by atoms with van der Waals surface area (Å²) in [5.74, 6) is -0.272. The molecule has 2 amide bonds. The first kappa shape index (κ1) is 15.4. The molecule has 4 nitrogen and oxygen atoms in total. The van der Waals surface area contributed by atoms with Gasteiger partial charge in [0.05, 0.1) is 6.10 Å². The molecular weight excluding hydrogens is 247 g/mol. The van der Waals surface area contributed by atoms with Gasteiger partial charge in [0.1, 0.15) is 5.82 Å². The monoisotopic (exact) mass is 268 g/mol. The summed E-state index contributed by atoms with van der Waals surface area (Å²) >= 11 is 0. The van der Waals surface area contributed by atoms with Gasteiger partial charge < -0.3 is 15.7 Å². The Hall–Kier alpha value is -1.62. The zero-order chi connectivity index (χ0) is 14.3. The molecule has 0 saturated heterocycles. The molecule has 0 saturated carbocycles. The molecule has 0 heterocycles. The lowest BCUT2D eigenvalue weighted by Gasteiger charge is -2.10. The van der Waals surface area contributed by atoms with Crippen LogP contribution in [0, 0.1) is 12.7 Å². The molecule has 0 spiro atoms. The van der Waals surface area contributed by atoms with Gasteiger partial charge >= 0.3 is 6.03 Å². The largest absolute Gasteiger partial charge is 0.393 e. The minimum absolute atomic E-state index is 0.272. The van der Waals surface area contributed by atoms with Crippen molar-refractivity contribution in [3.63, 3.8) is 0 Å². The van der Waals surface area contributed by atoms with Crippen LogP contribution in [0.2, 0.25) is 0 Å². The molecule has 0 aliphatic carbocycles. The van der Waals surface area contributed by atoms with E-state index in [9.17, 15) is 14.3 Å². The van der Waals surface area contributed by atoms with E-state index in [0.717, 1.165) is 0 Å². The summed E-state index contributed by atoms with van der Waals surface area (Å²) in [6.45, 7) is 4.28. The first-order chi connectivity index (χ1) is 9.02. The summed E-state index contributed by atoms with van der Waals surface area (Å²) in [7, 11) is 0. The lowest BCUT2D eigenvalue weighted by atomic mass is 10.1. The van der Waals surface area contributed by atoms with Crippen LogP contribution in [0.15, 0.2) is 18.2 Å². The highest BCUT2D eigenvalue weighted by Crippen LogP contribution is 2.08. The van der Waals surface area contributed by atoms with E-state index >= 15 is 0 Å². The fraction of sp³-hybridized carbons (Fsp3) is 0.500. The standard InChI is InChI=1S/C14H21FN2O2/c1-3-12(18)6-7-16-14(19)17-9-11-5-4-10(2)13(15)8-11/h4-5,8,12,18H,3,6-7,9H2,1-2H3,(H2,16,17,19). The van der Waals surface area contributed by atoms with E-state index in [0.29, 0.717) is 30.5 Å². The number of carbonyl (C=O) groups excluding carboxylic acids is 1. The molecule has 0 aliphatic heterocycles. The Morgan fingerprint density at radius 1 is 1.42 bits per heavy atom. The zero-order valence-corrected chi connectivity index (χ0v) is 11.4. The van der Waals surface area contributed by atoms with E-state index in [-0.39, 0.29) is 24.5 Å². The van der Waals surface area contributed by atoms with Crippen LogP contribution >= 0.6 is 0 Å². The molecule has 19 heavy (non-hydrogen) atoms. The maximum Gasteiger partial charge on any atom is 0.315 e. The van der Waals surface area contributed by atoms with Crippen LogP contribution in [-0.2, 0) is 6.54 Å². The van der Waals surface area contributed by atoms with E-state index in [2.05, 4.69) is 10.6 Å². The van der Waals surface area contributed by atoms with Crippen molar-refractivity contribution in [1.29, 1.82) is 0 Å². The lowest BCUT2D eigenvalue weighted by molar-refractivity contribution is 0.160. The van der Waals surface area contributed by atoms with Gasteiger partial charge in [-0.3, -0.25) is 0 Å². The molecule has 106 valence electrons. The van der Waals surface area contributed by atoms with Crippen molar-refractivity contribution in [3.8, 4) is 0 Å². The first-order valence-corrected chi connectivity index (χ1v) is 6.47. The third-order valence-corrected chi connectivity index (χ3v) is 2.92. The van der Waals surface area contributed by atoms with Gasteiger partial charge in [0.2, 0.25) is 0 Å². The summed E-state index contributed by atoms with van der Waals surface area (Å²) in [5.41, 5.74) is 1.30. The molecule has 1 aromatic carbocycles. The molecule has 0 aliphatic rings. The predicted octanol–water partition coefficient (Wildman–Crippen LogP) is 2.09. The summed E-state index contributed by atoms with van der Waals surface area (Å²) in [6.07, 6.45) is 0.821. The Morgan fingerprint density at radius 3 is 2.79 bits per heavy atom. The van der Waals surface area contributed by atoms with Crippen molar-refractivity contribution in [3.05, 3.63) is 35.1 Å². The molecule has 0 radical (unpaired) electrons. The van der Waals surface area contributed by atoms with E-state index in [4.69, 9.17) is 0 Å². The maximum atomic E-state index is 13.3. The van der Waals surface area contributed by atoms with Crippen LogP contribution in [-0.4, -0.2) is 23.8 Å². The number of rotatable bonds is 6. The minimum atomic E-state index is -0.383. The molecule has 1 unspecified atom stereocenters. The molecule has 0 bridgehead atoms. The van der Waals surface area contributed by atoms with Gasteiger partial charge in [-0.2, -0.15) is 0 Å². The average Bonchev–Trinajstić information content (AvgIpc) is 2.40. The Labute approximate surface area is 113 Å². The molecule has 0 aromatic heterocycles. The molecule has 1 atom stereocenters. The van der Waals surface area contributed by atoms with Gasteiger partial charge in [-0.05, 0) is 37.0 Å². The van der Waals surface area contributed by atoms with Gasteiger partial charge in [0.15, 0.2) is 0 Å². The highest BCUT2D eigenvalue weighted by atomic mass is 19.1. The third kappa shape index (κ3) is 5.70. The van der Waals surface area contributed by atoms with Crippen LogP contribution in [0.3, 0.4) is 0 Å². The number of nitrogens with one attached hydrogen (secondary N) is 2. The number of aryl methyl sites for hydroxylation is 1. The molecule has 0 fully saturated rings. The molecule has 5 heteroatoms. The molecule has 3 N–H and O–H groups in total. The third-order valence-electron chi connectivity index (χ3n) is 2.92. The maximum absolute atomic E-state index is 13.3. The van der Waals surface area contributed by atoms with Gasteiger partial charge in [0.25, 0.3) is 0 Å². The van der Waals surface area contributed by atoms with Crippen molar-refractivity contribution in [2.24, 2.45) is 0 Å². The summed E-state index contributed by atoms with van der Waals surface area (Å²) in [6, 6.07) is 4.56. The highest BCUT2D eigenvalue weighted by molar-refractivity contribution is 5.73. The van der Waals surface area contributed by atoms with Crippen LogP contribution in [0.25, 0.3) is 0 Å². The Morgan fingerprint density at radius 2 is 2.16 bits per heavy atom. The topological polar surface area (TPSA) is 61.4 Å².